The lowest BCUT2D eigenvalue weighted by molar-refractivity contribution is 0.0768. The maximum atomic E-state index is 14.8. The number of halogens is 1. The van der Waals surface area contributed by atoms with Crippen LogP contribution in [0.4, 0.5) is 4.39 Å². The first kappa shape index (κ1) is 22.2. The molecule has 2 aromatic rings. The van der Waals surface area contributed by atoms with E-state index in [-0.39, 0.29) is 11.7 Å². The monoisotopic (exact) mass is 421 g/mol. The summed E-state index contributed by atoms with van der Waals surface area (Å²) in [6, 6.07) is 5.92. The molecule has 160 valence electrons. The lowest BCUT2D eigenvalue weighted by Crippen LogP contribution is -2.37. The van der Waals surface area contributed by atoms with E-state index < -0.39 is 0 Å². The number of nitrogens with one attached hydrogen (secondary N) is 2. The maximum Gasteiger partial charge on any atom is 0.173 e. The lowest BCUT2D eigenvalue weighted by atomic mass is 9.84. The molecule has 1 aliphatic carbocycles. The molecule has 29 heavy (non-hydrogen) atoms. The first-order chi connectivity index (χ1) is 14.2. The highest BCUT2D eigenvalue weighted by Crippen LogP contribution is 2.35. The minimum absolute atomic E-state index is 0.200. The van der Waals surface area contributed by atoms with Crippen LogP contribution in [0, 0.1) is 5.82 Å². The molecule has 3 heterocycles. The van der Waals surface area contributed by atoms with E-state index in [0.717, 1.165) is 52.0 Å². The molecule has 2 fully saturated rings. The summed E-state index contributed by atoms with van der Waals surface area (Å²) >= 11 is 1.71. The van der Waals surface area contributed by atoms with E-state index in [1.165, 1.54) is 6.42 Å². The number of aromatic nitrogens is 3. The Kier molecular flexibility index (Phi) is 8.92. The van der Waals surface area contributed by atoms with Crippen molar-refractivity contribution >= 4 is 12.1 Å². The van der Waals surface area contributed by atoms with Gasteiger partial charge in [0.15, 0.2) is 5.82 Å². The normalized spacial score (nSPS) is 22.7. The van der Waals surface area contributed by atoms with E-state index in [2.05, 4.69) is 38.1 Å². The molecule has 2 aromatic heterocycles. The summed E-state index contributed by atoms with van der Waals surface area (Å²) in [5.41, 5.74) is 1.53. The number of morpholine rings is 1. The third-order valence-corrected chi connectivity index (χ3v) is 6.16. The zero-order valence-corrected chi connectivity index (χ0v) is 18.2. The molecule has 8 heteroatoms. The Balaban J connectivity index is 0.000000755. The van der Waals surface area contributed by atoms with Crippen LogP contribution in [0.2, 0.25) is 0 Å². The largest absolute Gasteiger partial charge is 0.379 e. The van der Waals surface area contributed by atoms with E-state index in [0.29, 0.717) is 23.1 Å². The van der Waals surface area contributed by atoms with Gasteiger partial charge in [0.1, 0.15) is 5.69 Å². The van der Waals surface area contributed by atoms with Crippen molar-refractivity contribution in [1.82, 2.24) is 24.2 Å². The number of ether oxygens (including phenoxy) is 1. The van der Waals surface area contributed by atoms with E-state index in [4.69, 9.17) is 4.74 Å². The molecular weight excluding hydrogens is 389 g/mol. The molecule has 1 aliphatic heterocycles. The SMILES string of the molecule is CCC.Fc1c(-c2ccccn2)n[nH]c1C1CCC(NSN2CCOCC2)CC1. The third kappa shape index (κ3) is 6.25. The van der Waals surface area contributed by atoms with Crippen molar-refractivity contribution in [2.45, 2.75) is 57.9 Å². The molecule has 0 aromatic carbocycles. The third-order valence-electron chi connectivity index (χ3n) is 5.09. The first-order valence-corrected chi connectivity index (χ1v) is 11.4. The molecule has 4 rings (SSSR count). The number of nitrogens with zero attached hydrogens (tertiary/aromatic N) is 3. The number of H-pyrrole nitrogens is 1. The first-order valence-electron chi connectivity index (χ1n) is 10.6. The van der Waals surface area contributed by atoms with Crippen molar-refractivity contribution in [3.05, 3.63) is 35.9 Å². The fraction of sp³-hybridized carbons (Fsp3) is 0.619. The number of aromatic amines is 1. The fourth-order valence-electron chi connectivity index (χ4n) is 3.57. The Hall–Kier alpha value is -1.48. The summed E-state index contributed by atoms with van der Waals surface area (Å²) in [6.45, 7) is 7.78. The van der Waals surface area contributed by atoms with Gasteiger partial charge in [-0.2, -0.15) is 5.10 Å². The number of hydrogen-bond donors (Lipinski definition) is 2. The fourth-order valence-corrected chi connectivity index (χ4v) is 4.44. The molecule has 6 nitrogen and oxygen atoms in total. The van der Waals surface area contributed by atoms with Crippen LogP contribution >= 0.6 is 12.1 Å². The number of hydrogen-bond acceptors (Lipinski definition) is 6. The standard InChI is InChI=1S/C18H24FN5OS.C3H8/c19-16-17(21-22-18(16)15-3-1-2-8-20-15)13-4-6-14(7-5-13)23-26-24-9-11-25-12-10-24;1-3-2/h1-3,8,13-14,23H,4-7,9-12H2,(H,21,22);3H2,1-2H3. The second kappa shape index (κ2) is 11.6. The quantitative estimate of drug-likeness (QED) is 0.691. The van der Waals surface area contributed by atoms with Crippen molar-refractivity contribution in [3.8, 4) is 11.4 Å². The molecule has 2 N–H and O–H groups in total. The highest BCUT2D eigenvalue weighted by Gasteiger charge is 2.28. The average molecular weight is 422 g/mol. The molecule has 2 aliphatic rings. The van der Waals surface area contributed by atoms with Crippen LogP contribution in [0.3, 0.4) is 0 Å². The van der Waals surface area contributed by atoms with Crippen LogP contribution in [-0.4, -0.2) is 51.8 Å². The summed E-state index contributed by atoms with van der Waals surface area (Å²) < 4.78 is 26.1. The molecular formula is C21H32FN5OS. The van der Waals surface area contributed by atoms with Crippen molar-refractivity contribution in [3.63, 3.8) is 0 Å². The predicted molar refractivity (Wildman–Crippen MR) is 116 cm³/mol. The van der Waals surface area contributed by atoms with Gasteiger partial charge in [0.25, 0.3) is 0 Å². The highest BCUT2D eigenvalue weighted by atomic mass is 32.2. The van der Waals surface area contributed by atoms with Crippen molar-refractivity contribution in [2.75, 3.05) is 26.3 Å². The summed E-state index contributed by atoms with van der Waals surface area (Å²) in [6.07, 6.45) is 6.91. The van der Waals surface area contributed by atoms with Gasteiger partial charge in [-0.25, -0.2) is 13.4 Å². The van der Waals surface area contributed by atoms with Crippen LogP contribution < -0.4 is 4.72 Å². The minimum Gasteiger partial charge on any atom is -0.379 e. The van der Waals surface area contributed by atoms with Crippen molar-refractivity contribution < 1.29 is 9.13 Å². The summed E-state index contributed by atoms with van der Waals surface area (Å²) in [5.74, 6) is -0.0470. The van der Waals surface area contributed by atoms with Gasteiger partial charge in [0, 0.05) is 43.4 Å². The van der Waals surface area contributed by atoms with Crippen LogP contribution in [0.5, 0.6) is 0 Å². The van der Waals surface area contributed by atoms with E-state index >= 15 is 0 Å². The second-order valence-corrected chi connectivity index (χ2v) is 8.46. The molecule has 0 atom stereocenters. The van der Waals surface area contributed by atoms with E-state index in [1.807, 2.05) is 12.1 Å². The van der Waals surface area contributed by atoms with Crippen LogP contribution in [0.1, 0.15) is 57.6 Å². The van der Waals surface area contributed by atoms with Crippen LogP contribution in [0.25, 0.3) is 11.4 Å². The zero-order valence-electron chi connectivity index (χ0n) is 17.4. The van der Waals surface area contributed by atoms with Gasteiger partial charge >= 0.3 is 0 Å². The minimum atomic E-state index is -0.247. The van der Waals surface area contributed by atoms with Crippen molar-refractivity contribution in [2.24, 2.45) is 0 Å². The topological polar surface area (TPSA) is 66.1 Å². The zero-order chi connectivity index (χ0) is 20.5. The molecule has 0 radical (unpaired) electrons. The lowest BCUT2D eigenvalue weighted by Gasteiger charge is -2.31. The van der Waals surface area contributed by atoms with Gasteiger partial charge in [-0.15, -0.1) is 0 Å². The maximum absolute atomic E-state index is 14.8. The summed E-state index contributed by atoms with van der Waals surface area (Å²) in [4.78, 5) is 4.20. The van der Waals surface area contributed by atoms with Gasteiger partial charge in [0.05, 0.1) is 24.6 Å². The molecule has 1 saturated carbocycles. The van der Waals surface area contributed by atoms with Crippen LogP contribution in [-0.2, 0) is 4.74 Å². The molecule has 0 spiro atoms. The molecule has 0 amide bonds. The summed E-state index contributed by atoms with van der Waals surface area (Å²) in [7, 11) is 0. The second-order valence-electron chi connectivity index (χ2n) is 7.52. The highest BCUT2D eigenvalue weighted by molar-refractivity contribution is 7.95. The molecule has 0 unspecified atom stereocenters. The Bertz CT molecular complexity index is 715. The van der Waals surface area contributed by atoms with Gasteiger partial charge in [-0.05, 0) is 37.8 Å². The predicted octanol–water partition coefficient (Wildman–Crippen LogP) is 4.54. The van der Waals surface area contributed by atoms with E-state index in [9.17, 15) is 4.39 Å². The Morgan fingerprint density at radius 1 is 1.21 bits per heavy atom. The number of rotatable bonds is 5. The van der Waals surface area contributed by atoms with Gasteiger partial charge < -0.3 is 4.74 Å². The Morgan fingerprint density at radius 3 is 2.59 bits per heavy atom. The molecule has 1 saturated heterocycles. The molecule has 0 bridgehead atoms. The number of pyridine rings is 1. The van der Waals surface area contributed by atoms with Gasteiger partial charge in [0.2, 0.25) is 0 Å². The Morgan fingerprint density at radius 2 is 1.93 bits per heavy atom. The van der Waals surface area contributed by atoms with E-state index in [1.54, 1.807) is 24.4 Å². The van der Waals surface area contributed by atoms with Gasteiger partial charge in [-0.3, -0.25) is 10.1 Å². The average Bonchev–Trinajstić information content (AvgIpc) is 3.16. The van der Waals surface area contributed by atoms with Crippen LogP contribution in [0.15, 0.2) is 24.4 Å². The smallest absolute Gasteiger partial charge is 0.173 e. The summed E-state index contributed by atoms with van der Waals surface area (Å²) in [5, 5.41) is 7.10. The van der Waals surface area contributed by atoms with Crippen molar-refractivity contribution in [1.29, 1.82) is 0 Å². The van der Waals surface area contributed by atoms with Gasteiger partial charge in [-0.1, -0.05) is 26.3 Å². The Labute approximate surface area is 177 Å².